The smallest absolute Gasteiger partial charge is 0.303 e. The Morgan fingerprint density at radius 1 is 1.04 bits per heavy atom. The van der Waals surface area contributed by atoms with Crippen molar-refractivity contribution in [3.8, 4) is 0 Å². The highest BCUT2D eigenvalue weighted by Gasteiger charge is 2.22. The van der Waals surface area contributed by atoms with Gasteiger partial charge in [-0.2, -0.15) is 0 Å². The van der Waals surface area contributed by atoms with Crippen molar-refractivity contribution < 1.29 is 19.5 Å². The Balaban J connectivity index is 1.92. The lowest BCUT2D eigenvalue weighted by atomic mass is 9.97. The molecule has 0 unspecified atom stereocenters. The van der Waals surface area contributed by atoms with Crippen LogP contribution in [-0.4, -0.2) is 22.6 Å². The molecular formula is C18H14O4S. The van der Waals surface area contributed by atoms with Crippen molar-refractivity contribution in [3.63, 3.8) is 0 Å². The lowest BCUT2D eigenvalue weighted by Gasteiger charge is -2.07. The highest BCUT2D eigenvalue weighted by Crippen LogP contribution is 2.34. The number of benzene rings is 2. The number of carbonyl (C=O) groups is 3. The van der Waals surface area contributed by atoms with Gasteiger partial charge in [-0.05, 0) is 17.7 Å². The van der Waals surface area contributed by atoms with Gasteiger partial charge < -0.3 is 5.11 Å². The van der Waals surface area contributed by atoms with Crippen LogP contribution in [0.2, 0.25) is 0 Å². The fraction of sp³-hybridized carbons (Fsp3) is 0.167. The third kappa shape index (κ3) is 3.19. The number of hydrogen-bond acceptors (Lipinski definition) is 4. The average molecular weight is 326 g/mol. The summed E-state index contributed by atoms with van der Waals surface area (Å²) >= 11 is 1.52. The number of Topliss-reactive ketones (excluding diaryl/α,β-unsaturated/α-hetero) is 1. The van der Waals surface area contributed by atoms with Gasteiger partial charge in [0.05, 0.1) is 6.42 Å². The first kappa shape index (κ1) is 15.5. The minimum atomic E-state index is -0.992. The maximum absolute atomic E-state index is 12.6. The zero-order chi connectivity index (χ0) is 16.4. The summed E-state index contributed by atoms with van der Waals surface area (Å²) in [6, 6.07) is 12.5. The Bertz CT molecular complexity index is 810. The predicted octanol–water partition coefficient (Wildman–Crippen LogP) is 3.57. The van der Waals surface area contributed by atoms with Crippen molar-refractivity contribution in [2.75, 3.05) is 0 Å². The van der Waals surface area contributed by atoms with Crippen LogP contribution in [-0.2, 0) is 10.5 Å². The first-order valence-electron chi connectivity index (χ1n) is 7.20. The van der Waals surface area contributed by atoms with Crippen LogP contribution in [0, 0.1) is 0 Å². The van der Waals surface area contributed by atoms with Crippen LogP contribution in [0.4, 0.5) is 0 Å². The molecule has 2 aromatic rings. The number of aliphatic carboxylic acids is 1. The average Bonchev–Trinajstić information content (AvgIpc) is 2.70. The molecule has 0 saturated heterocycles. The molecule has 0 fully saturated rings. The first-order valence-corrected chi connectivity index (χ1v) is 8.19. The van der Waals surface area contributed by atoms with Gasteiger partial charge in [0, 0.05) is 33.8 Å². The number of thioether (sulfide) groups is 1. The van der Waals surface area contributed by atoms with Crippen molar-refractivity contribution in [1.82, 2.24) is 0 Å². The molecule has 0 aromatic heterocycles. The lowest BCUT2D eigenvalue weighted by Crippen LogP contribution is -2.06. The molecule has 1 heterocycles. The van der Waals surface area contributed by atoms with E-state index in [0.717, 1.165) is 10.5 Å². The highest BCUT2D eigenvalue weighted by molar-refractivity contribution is 7.98. The van der Waals surface area contributed by atoms with Crippen LogP contribution in [0.3, 0.4) is 0 Å². The molecule has 1 aliphatic rings. The number of ketones is 2. The molecular weight excluding hydrogens is 312 g/mol. The molecule has 116 valence electrons. The van der Waals surface area contributed by atoms with Gasteiger partial charge in [-0.15, -0.1) is 11.8 Å². The molecule has 1 N–H and O–H groups in total. The van der Waals surface area contributed by atoms with Gasteiger partial charge >= 0.3 is 5.97 Å². The van der Waals surface area contributed by atoms with E-state index >= 15 is 0 Å². The lowest BCUT2D eigenvalue weighted by molar-refractivity contribution is -0.136. The molecule has 3 rings (SSSR count). The minimum absolute atomic E-state index is 0.0348. The number of rotatable bonds is 4. The molecule has 0 radical (unpaired) electrons. The van der Waals surface area contributed by atoms with E-state index in [1.54, 1.807) is 18.2 Å². The summed E-state index contributed by atoms with van der Waals surface area (Å²) in [5, 5.41) is 8.67. The SMILES string of the molecule is O=C(O)CCC(=O)c1ccc2c(c1)SCc1ccccc1C2=O. The van der Waals surface area contributed by atoms with Crippen LogP contribution in [0.25, 0.3) is 0 Å². The molecule has 0 bridgehead atoms. The molecule has 0 saturated carbocycles. The van der Waals surface area contributed by atoms with E-state index in [1.807, 2.05) is 24.3 Å². The summed E-state index contributed by atoms with van der Waals surface area (Å²) in [4.78, 5) is 36.1. The van der Waals surface area contributed by atoms with Crippen molar-refractivity contribution in [2.45, 2.75) is 23.5 Å². The molecule has 2 aromatic carbocycles. The minimum Gasteiger partial charge on any atom is -0.481 e. The van der Waals surface area contributed by atoms with Gasteiger partial charge in [0.1, 0.15) is 0 Å². The monoisotopic (exact) mass is 326 g/mol. The molecule has 0 aliphatic carbocycles. The summed E-state index contributed by atoms with van der Waals surface area (Å²) in [6.45, 7) is 0. The predicted molar refractivity (Wildman–Crippen MR) is 87.1 cm³/mol. The van der Waals surface area contributed by atoms with E-state index < -0.39 is 5.97 Å². The van der Waals surface area contributed by atoms with E-state index in [0.29, 0.717) is 22.4 Å². The van der Waals surface area contributed by atoms with Gasteiger partial charge in [0.15, 0.2) is 11.6 Å². The Kier molecular flexibility index (Phi) is 4.30. The topological polar surface area (TPSA) is 71.4 Å². The maximum atomic E-state index is 12.6. The molecule has 23 heavy (non-hydrogen) atoms. The quantitative estimate of drug-likeness (QED) is 0.870. The summed E-state index contributed by atoms with van der Waals surface area (Å²) in [6.07, 6.45) is -0.222. The van der Waals surface area contributed by atoms with E-state index in [1.165, 1.54) is 11.8 Å². The van der Waals surface area contributed by atoms with Gasteiger partial charge in [0.2, 0.25) is 0 Å². The first-order chi connectivity index (χ1) is 11.1. The second-order valence-electron chi connectivity index (χ2n) is 5.30. The second kappa shape index (κ2) is 6.38. The second-order valence-corrected chi connectivity index (χ2v) is 6.32. The van der Waals surface area contributed by atoms with Crippen LogP contribution in [0.5, 0.6) is 0 Å². The van der Waals surface area contributed by atoms with Crippen LogP contribution >= 0.6 is 11.8 Å². The fourth-order valence-electron chi connectivity index (χ4n) is 2.54. The third-order valence-corrected chi connectivity index (χ3v) is 4.86. The normalized spacial score (nSPS) is 13.0. The zero-order valence-electron chi connectivity index (χ0n) is 12.2. The largest absolute Gasteiger partial charge is 0.481 e. The number of hydrogen-bond donors (Lipinski definition) is 1. The van der Waals surface area contributed by atoms with Gasteiger partial charge in [0.25, 0.3) is 0 Å². The van der Waals surface area contributed by atoms with Crippen molar-refractivity contribution in [3.05, 3.63) is 64.7 Å². The van der Waals surface area contributed by atoms with E-state index in [-0.39, 0.29) is 24.4 Å². The molecule has 4 nitrogen and oxygen atoms in total. The summed E-state index contributed by atoms with van der Waals surface area (Å²) < 4.78 is 0. The summed E-state index contributed by atoms with van der Waals surface area (Å²) in [5.41, 5.74) is 2.73. The van der Waals surface area contributed by atoms with Gasteiger partial charge in [-0.3, -0.25) is 14.4 Å². The Hall–Kier alpha value is -2.40. The zero-order valence-corrected chi connectivity index (χ0v) is 13.1. The molecule has 0 atom stereocenters. The highest BCUT2D eigenvalue weighted by atomic mass is 32.2. The molecule has 1 aliphatic heterocycles. The fourth-order valence-corrected chi connectivity index (χ4v) is 3.63. The van der Waals surface area contributed by atoms with E-state index in [2.05, 4.69) is 0 Å². The standard InChI is InChI=1S/C18H14O4S/c19-15(7-8-17(20)21)11-5-6-14-16(9-11)23-10-12-3-1-2-4-13(12)18(14)22/h1-6,9H,7-8,10H2,(H,20,21). The maximum Gasteiger partial charge on any atom is 0.303 e. The number of carbonyl (C=O) groups excluding carboxylic acids is 2. The van der Waals surface area contributed by atoms with Crippen LogP contribution in [0.1, 0.15) is 44.7 Å². The number of carboxylic acids is 1. The van der Waals surface area contributed by atoms with Crippen molar-refractivity contribution >= 4 is 29.3 Å². The molecule has 0 amide bonds. The van der Waals surface area contributed by atoms with Gasteiger partial charge in [-0.25, -0.2) is 0 Å². The van der Waals surface area contributed by atoms with E-state index in [9.17, 15) is 14.4 Å². The van der Waals surface area contributed by atoms with Crippen molar-refractivity contribution in [1.29, 1.82) is 0 Å². The number of fused-ring (bicyclic) bond motifs is 2. The Morgan fingerprint density at radius 3 is 2.61 bits per heavy atom. The van der Waals surface area contributed by atoms with Crippen LogP contribution < -0.4 is 0 Å². The number of carboxylic acid groups (broad SMARTS) is 1. The van der Waals surface area contributed by atoms with Crippen LogP contribution in [0.15, 0.2) is 47.4 Å². The summed E-state index contributed by atoms with van der Waals surface area (Å²) in [5.74, 6) is -0.579. The molecule has 5 heteroatoms. The summed E-state index contributed by atoms with van der Waals surface area (Å²) in [7, 11) is 0. The molecule has 0 spiro atoms. The Labute approximate surface area is 137 Å². The Morgan fingerprint density at radius 2 is 1.83 bits per heavy atom. The third-order valence-electron chi connectivity index (χ3n) is 3.76. The van der Waals surface area contributed by atoms with Crippen molar-refractivity contribution in [2.24, 2.45) is 0 Å². The van der Waals surface area contributed by atoms with E-state index in [4.69, 9.17) is 5.11 Å². The van der Waals surface area contributed by atoms with Gasteiger partial charge in [-0.1, -0.05) is 30.3 Å².